The lowest BCUT2D eigenvalue weighted by molar-refractivity contribution is -0.119. The smallest absolute Gasteiger partial charge is 0.348 e. The number of aryl methyl sites for hydroxylation is 2. The zero-order valence-corrected chi connectivity index (χ0v) is 18.9. The molecule has 0 bridgehead atoms. The molecule has 0 saturated carbocycles. The summed E-state index contributed by atoms with van der Waals surface area (Å²) in [7, 11) is 0. The van der Waals surface area contributed by atoms with Gasteiger partial charge in [-0.3, -0.25) is 4.79 Å². The summed E-state index contributed by atoms with van der Waals surface area (Å²) in [6.45, 7) is 11.3. The van der Waals surface area contributed by atoms with Crippen molar-refractivity contribution < 1.29 is 14.3 Å². The normalized spacial score (nSPS) is 14.6. The third kappa shape index (κ3) is 5.83. The Labute approximate surface area is 182 Å². The number of amides is 1. The fraction of sp³-hybridized carbons (Fsp3) is 0.478. The van der Waals surface area contributed by atoms with Crippen molar-refractivity contribution in [1.82, 2.24) is 4.90 Å². The average molecular weight is 430 g/mol. The molecule has 1 fully saturated rings. The molecule has 2 aromatic rings. The van der Waals surface area contributed by atoms with Gasteiger partial charge in [-0.15, -0.1) is 11.3 Å². The number of carbonyl (C=O) groups is 2. The maximum Gasteiger partial charge on any atom is 0.348 e. The number of hydrogen-bond acceptors (Lipinski definition) is 6. The van der Waals surface area contributed by atoms with Gasteiger partial charge in [-0.05, 0) is 55.8 Å². The molecule has 1 saturated heterocycles. The van der Waals surface area contributed by atoms with Crippen LogP contribution >= 0.6 is 11.3 Å². The Morgan fingerprint density at radius 3 is 2.43 bits per heavy atom. The summed E-state index contributed by atoms with van der Waals surface area (Å²) in [5.41, 5.74) is 3.03. The number of hydrogen-bond donors (Lipinski definition) is 1. The van der Waals surface area contributed by atoms with Gasteiger partial charge in [-0.1, -0.05) is 20.3 Å². The van der Waals surface area contributed by atoms with Gasteiger partial charge in [0.15, 0.2) is 6.61 Å². The molecule has 0 atom stereocenters. The van der Waals surface area contributed by atoms with E-state index in [1.807, 2.05) is 37.3 Å². The lowest BCUT2D eigenvalue weighted by atomic mass is 10.1. The van der Waals surface area contributed by atoms with E-state index in [4.69, 9.17) is 4.74 Å². The van der Waals surface area contributed by atoms with E-state index in [2.05, 4.69) is 29.0 Å². The molecular formula is C23H31N3O3S. The van der Waals surface area contributed by atoms with Crippen molar-refractivity contribution in [3.05, 3.63) is 45.6 Å². The Morgan fingerprint density at radius 2 is 1.80 bits per heavy atom. The molecule has 1 N–H and O–H groups in total. The Balaban J connectivity index is 1.47. The second-order valence-corrected chi connectivity index (χ2v) is 8.79. The van der Waals surface area contributed by atoms with Crippen molar-refractivity contribution >= 4 is 34.6 Å². The number of carbonyl (C=O) groups excluding carboxylic acids is 2. The highest BCUT2D eigenvalue weighted by Crippen LogP contribution is 2.24. The third-order valence-corrected chi connectivity index (χ3v) is 6.48. The van der Waals surface area contributed by atoms with Gasteiger partial charge in [-0.25, -0.2) is 4.79 Å². The van der Waals surface area contributed by atoms with Crippen LogP contribution in [0, 0.1) is 6.92 Å². The number of likely N-dealkylation sites (N-methyl/N-ethyl adjacent to an activating group) is 1. The fourth-order valence-electron chi connectivity index (χ4n) is 3.62. The maximum atomic E-state index is 12.2. The van der Waals surface area contributed by atoms with E-state index in [1.165, 1.54) is 16.9 Å². The predicted octanol–water partition coefficient (Wildman–Crippen LogP) is 3.95. The van der Waals surface area contributed by atoms with Crippen molar-refractivity contribution in [2.45, 2.75) is 33.6 Å². The number of rotatable bonds is 8. The minimum atomic E-state index is -0.442. The average Bonchev–Trinajstić information content (AvgIpc) is 3.13. The first-order valence-electron chi connectivity index (χ1n) is 10.6. The minimum Gasteiger partial charge on any atom is -0.451 e. The van der Waals surface area contributed by atoms with Gasteiger partial charge < -0.3 is 19.9 Å². The second-order valence-electron chi connectivity index (χ2n) is 7.53. The van der Waals surface area contributed by atoms with E-state index in [-0.39, 0.29) is 12.5 Å². The predicted molar refractivity (Wildman–Crippen MR) is 123 cm³/mol. The summed E-state index contributed by atoms with van der Waals surface area (Å²) < 4.78 is 5.19. The minimum absolute atomic E-state index is 0.292. The molecule has 2 heterocycles. The van der Waals surface area contributed by atoms with Gasteiger partial charge in [0.25, 0.3) is 5.91 Å². The van der Waals surface area contributed by atoms with E-state index >= 15 is 0 Å². The van der Waals surface area contributed by atoms with Crippen molar-refractivity contribution in [1.29, 1.82) is 0 Å². The van der Waals surface area contributed by atoms with Crippen molar-refractivity contribution in [3.63, 3.8) is 0 Å². The van der Waals surface area contributed by atoms with Crippen LogP contribution in [0.15, 0.2) is 30.3 Å². The van der Waals surface area contributed by atoms with Crippen LogP contribution in [-0.2, 0) is 16.0 Å². The monoisotopic (exact) mass is 429 g/mol. The van der Waals surface area contributed by atoms with Crippen LogP contribution in [0.5, 0.6) is 0 Å². The second kappa shape index (κ2) is 10.6. The van der Waals surface area contributed by atoms with E-state index in [0.717, 1.165) is 56.1 Å². The molecule has 6 nitrogen and oxygen atoms in total. The van der Waals surface area contributed by atoms with Crippen molar-refractivity contribution in [2.24, 2.45) is 0 Å². The number of thiophene rings is 1. The van der Waals surface area contributed by atoms with Gasteiger partial charge >= 0.3 is 5.97 Å². The number of esters is 1. The van der Waals surface area contributed by atoms with E-state index in [1.54, 1.807) is 0 Å². The van der Waals surface area contributed by atoms with Gasteiger partial charge in [0.2, 0.25) is 0 Å². The Hall–Kier alpha value is -2.38. The largest absolute Gasteiger partial charge is 0.451 e. The van der Waals surface area contributed by atoms with Gasteiger partial charge in [0.1, 0.15) is 4.88 Å². The van der Waals surface area contributed by atoms with Crippen LogP contribution in [0.4, 0.5) is 11.4 Å². The maximum absolute atomic E-state index is 12.2. The summed E-state index contributed by atoms with van der Waals surface area (Å²) in [4.78, 5) is 30.9. The summed E-state index contributed by atoms with van der Waals surface area (Å²) in [6, 6.07) is 9.70. The summed E-state index contributed by atoms with van der Waals surface area (Å²) >= 11 is 1.42. The Bertz CT molecular complexity index is 855. The molecule has 0 spiro atoms. The van der Waals surface area contributed by atoms with Gasteiger partial charge in [0.05, 0.1) is 0 Å². The lowest BCUT2D eigenvalue weighted by Gasteiger charge is -2.35. The summed E-state index contributed by atoms with van der Waals surface area (Å²) in [6.07, 6.45) is 1.97. The molecule has 0 unspecified atom stereocenters. The SMILES string of the molecule is CCCc1cc(C(=O)OCC(=O)Nc2ccc(N3CCN(CC)CC3)cc2)sc1C. The topological polar surface area (TPSA) is 61.9 Å². The molecule has 3 rings (SSSR count). The number of ether oxygens (including phenoxy) is 1. The summed E-state index contributed by atoms with van der Waals surface area (Å²) in [5, 5.41) is 2.79. The number of anilines is 2. The Kier molecular flexibility index (Phi) is 7.87. The highest BCUT2D eigenvalue weighted by Gasteiger charge is 2.17. The molecule has 0 radical (unpaired) electrons. The first-order valence-corrected chi connectivity index (χ1v) is 11.5. The lowest BCUT2D eigenvalue weighted by Crippen LogP contribution is -2.46. The van der Waals surface area contributed by atoms with Crippen molar-refractivity contribution in [2.75, 3.05) is 49.5 Å². The standard InChI is InChI=1S/C23H31N3O3S/c1-4-6-18-15-21(30-17(18)3)23(28)29-16-22(27)24-19-7-9-20(10-8-19)26-13-11-25(5-2)12-14-26/h7-10,15H,4-6,11-14,16H2,1-3H3,(H,24,27). The molecule has 0 aliphatic carbocycles. The zero-order valence-electron chi connectivity index (χ0n) is 18.1. The van der Waals surface area contributed by atoms with Crippen LogP contribution in [0.1, 0.15) is 40.4 Å². The molecule has 1 amide bonds. The highest BCUT2D eigenvalue weighted by atomic mass is 32.1. The number of piperazine rings is 1. The molecular weight excluding hydrogens is 398 g/mol. The van der Waals surface area contributed by atoms with E-state index in [0.29, 0.717) is 10.6 Å². The molecule has 1 aliphatic heterocycles. The van der Waals surface area contributed by atoms with Crippen LogP contribution < -0.4 is 10.2 Å². The molecule has 162 valence electrons. The fourth-order valence-corrected chi connectivity index (χ4v) is 4.58. The van der Waals surface area contributed by atoms with E-state index in [9.17, 15) is 9.59 Å². The number of nitrogens with zero attached hydrogens (tertiary/aromatic N) is 2. The van der Waals surface area contributed by atoms with E-state index < -0.39 is 5.97 Å². The third-order valence-electron chi connectivity index (χ3n) is 5.41. The molecule has 30 heavy (non-hydrogen) atoms. The van der Waals surface area contributed by atoms with Gasteiger partial charge in [0, 0.05) is 42.4 Å². The van der Waals surface area contributed by atoms with Crippen LogP contribution in [0.3, 0.4) is 0 Å². The van der Waals surface area contributed by atoms with Crippen LogP contribution in [-0.4, -0.2) is 56.1 Å². The van der Waals surface area contributed by atoms with Crippen LogP contribution in [0.25, 0.3) is 0 Å². The zero-order chi connectivity index (χ0) is 21.5. The van der Waals surface area contributed by atoms with Crippen LogP contribution in [0.2, 0.25) is 0 Å². The first-order chi connectivity index (χ1) is 14.5. The summed E-state index contributed by atoms with van der Waals surface area (Å²) in [5.74, 6) is -0.781. The first kappa shape index (κ1) is 22.3. The molecule has 1 aromatic carbocycles. The highest BCUT2D eigenvalue weighted by molar-refractivity contribution is 7.14. The number of nitrogens with one attached hydrogen (secondary N) is 1. The Morgan fingerprint density at radius 1 is 1.10 bits per heavy atom. The molecule has 1 aliphatic rings. The number of benzene rings is 1. The quantitative estimate of drug-likeness (QED) is 0.644. The molecule has 1 aromatic heterocycles. The van der Waals surface area contributed by atoms with Gasteiger partial charge in [-0.2, -0.15) is 0 Å². The molecule has 7 heteroatoms. The van der Waals surface area contributed by atoms with Crippen molar-refractivity contribution in [3.8, 4) is 0 Å².